The number of amides is 2. The zero-order chi connectivity index (χ0) is 15.4. The summed E-state index contributed by atoms with van der Waals surface area (Å²) in [5, 5.41) is 8.34. The molecule has 2 amide bonds. The van der Waals surface area contributed by atoms with Crippen LogP contribution in [0.25, 0.3) is 0 Å². The van der Waals surface area contributed by atoms with Gasteiger partial charge < -0.3 is 20.3 Å². The van der Waals surface area contributed by atoms with E-state index in [0.717, 1.165) is 5.69 Å². The third-order valence-electron chi connectivity index (χ3n) is 3.15. The molecule has 1 aromatic heterocycles. The summed E-state index contributed by atoms with van der Waals surface area (Å²) in [4.78, 5) is 29.3. The normalized spacial score (nSPS) is 17.9. The molecular formula is C13H19N5O3. The van der Waals surface area contributed by atoms with Crippen molar-refractivity contribution in [3.05, 3.63) is 12.3 Å². The SMILES string of the molecule is COc1nccc(N(C)C)c1NC(=O)C1CNC(=O)CN1. The highest BCUT2D eigenvalue weighted by Crippen LogP contribution is 2.32. The monoisotopic (exact) mass is 293 g/mol. The molecule has 21 heavy (non-hydrogen) atoms. The summed E-state index contributed by atoms with van der Waals surface area (Å²) in [5.74, 6) is -0.0224. The molecule has 2 rings (SSSR count). The summed E-state index contributed by atoms with van der Waals surface area (Å²) in [6, 6.07) is 1.30. The van der Waals surface area contributed by atoms with Crippen molar-refractivity contribution in [2.45, 2.75) is 6.04 Å². The Morgan fingerprint density at radius 1 is 1.52 bits per heavy atom. The van der Waals surface area contributed by atoms with E-state index in [4.69, 9.17) is 4.74 Å². The van der Waals surface area contributed by atoms with Crippen molar-refractivity contribution in [1.29, 1.82) is 0 Å². The van der Waals surface area contributed by atoms with Gasteiger partial charge in [0, 0.05) is 26.8 Å². The number of carbonyl (C=O) groups is 2. The van der Waals surface area contributed by atoms with Gasteiger partial charge in [0.15, 0.2) is 0 Å². The van der Waals surface area contributed by atoms with E-state index in [9.17, 15) is 9.59 Å². The van der Waals surface area contributed by atoms with E-state index in [-0.39, 0.29) is 24.9 Å². The Morgan fingerprint density at radius 3 is 2.86 bits per heavy atom. The molecule has 0 saturated carbocycles. The number of piperazine rings is 1. The third-order valence-corrected chi connectivity index (χ3v) is 3.15. The molecular weight excluding hydrogens is 274 g/mol. The standard InChI is InChI=1S/C13H19N5O3/c1-18(2)9-4-5-14-13(21-3)11(9)17-12(20)8-6-16-10(19)7-15-8/h4-5,8,15H,6-7H2,1-3H3,(H,16,19)(H,17,20). The Labute approximate surface area is 122 Å². The number of nitrogens with zero attached hydrogens (tertiary/aromatic N) is 2. The van der Waals surface area contributed by atoms with Gasteiger partial charge in [0.05, 0.1) is 19.3 Å². The van der Waals surface area contributed by atoms with Gasteiger partial charge in [-0.1, -0.05) is 0 Å². The Balaban J connectivity index is 2.18. The number of anilines is 2. The van der Waals surface area contributed by atoms with E-state index >= 15 is 0 Å². The number of nitrogens with one attached hydrogen (secondary N) is 3. The van der Waals surface area contributed by atoms with Gasteiger partial charge in [0.1, 0.15) is 11.7 Å². The van der Waals surface area contributed by atoms with Crippen LogP contribution in [0.5, 0.6) is 5.88 Å². The second-order valence-electron chi connectivity index (χ2n) is 4.84. The Kier molecular flexibility index (Phi) is 4.59. The molecule has 3 N–H and O–H groups in total. The number of hydrogen-bond acceptors (Lipinski definition) is 6. The maximum Gasteiger partial charge on any atom is 0.243 e. The van der Waals surface area contributed by atoms with E-state index in [2.05, 4.69) is 20.9 Å². The molecule has 114 valence electrons. The molecule has 1 atom stereocenters. The van der Waals surface area contributed by atoms with Gasteiger partial charge in [-0.3, -0.25) is 14.9 Å². The second kappa shape index (κ2) is 6.40. The van der Waals surface area contributed by atoms with Crippen LogP contribution in [0.2, 0.25) is 0 Å². The van der Waals surface area contributed by atoms with Crippen molar-refractivity contribution in [1.82, 2.24) is 15.6 Å². The van der Waals surface area contributed by atoms with Crippen LogP contribution in [0.4, 0.5) is 11.4 Å². The van der Waals surface area contributed by atoms with E-state index < -0.39 is 6.04 Å². The molecule has 8 heteroatoms. The van der Waals surface area contributed by atoms with E-state index in [1.54, 1.807) is 12.3 Å². The predicted molar refractivity (Wildman–Crippen MR) is 78.5 cm³/mol. The quantitative estimate of drug-likeness (QED) is 0.671. The van der Waals surface area contributed by atoms with Gasteiger partial charge in [-0.05, 0) is 6.07 Å². The number of methoxy groups -OCH3 is 1. The highest BCUT2D eigenvalue weighted by molar-refractivity contribution is 6.00. The second-order valence-corrected chi connectivity index (χ2v) is 4.84. The fourth-order valence-electron chi connectivity index (χ4n) is 2.04. The van der Waals surface area contributed by atoms with E-state index in [0.29, 0.717) is 11.6 Å². The number of aromatic nitrogens is 1. The minimum Gasteiger partial charge on any atom is -0.479 e. The molecule has 0 bridgehead atoms. The molecule has 0 spiro atoms. The summed E-state index contributed by atoms with van der Waals surface area (Å²) in [6.07, 6.45) is 1.61. The van der Waals surface area contributed by atoms with Crippen molar-refractivity contribution in [2.24, 2.45) is 0 Å². The lowest BCUT2D eigenvalue weighted by Crippen LogP contribution is -2.56. The number of ether oxygens (including phenoxy) is 1. The van der Waals surface area contributed by atoms with E-state index in [1.807, 2.05) is 19.0 Å². The van der Waals surface area contributed by atoms with Crippen molar-refractivity contribution in [2.75, 3.05) is 44.5 Å². The molecule has 2 heterocycles. The van der Waals surface area contributed by atoms with Crippen LogP contribution < -0.4 is 25.6 Å². The predicted octanol–water partition coefficient (Wildman–Crippen LogP) is -0.817. The van der Waals surface area contributed by atoms with Gasteiger partial charge in [0.25, 0.3) is 0 Å². The van der Waals surface area contributed by atoms with Crippen molar-refractivity contribution in [3.8, 4) is 5.88 Å². The first-order valence-corrected chi connectivity index (χ1v) is 6.54. The zero-order valence-electron chi connectivity index (χ0n) is 12.3. The highest BCUT2D eigenvalue weighted by Gasteiger charge is 2.25. The van der Waals surface area contributed by atoms with Crippen LogP contribution in [0, 0.1) is 0 Å². The van der Waals surface area contributed by atoms with Crippen LogP contribution in [-0.4, -0.2) is 57.1 Å². The molecule has 1 unspecified atom stereocenters. The number of pyridine rings is 1. The minimum atomic E-state index is -0.484. The fourth-order valence-corrected chi connectivity index (χ4v) is 2.04. The molecule has 1 aliphatic rings. The number of carbonyl (C=O) groups excluding carboxylic acids is 2. The molecule has 1 saturated heterocycles. The van der Waals surface area contributed by atoms with E-state index in [1.165, 1.54) is 7.11 Å². The van der Waals surface area contributed by atoms with Crippen LogP contribution in [0.1, 0.15) is 0 Å². The Bertz CT molecular complexity index is 537. The maximum atomic E-state index is 12.3. The van der Waals surface area contributed by atoms with Crippen molar-refractivity contribution >= 4 is 23.2 Å². The summed E-state index contributed by atoms with van der Waals surface area (Å²) in [7, 11) is 5.23. The minimum absolute atomic E-state index is 0.119. The zero-order valence-corrected chi connectivity index (χ0v) is 12.3. The van der Waals surface area contributed by atoms with Crippen LogP contribution in [0.15, 0.2) is 12.3 Å². The number of rotatable bonds is 4. The molecule has 0 aliphatic carbocycles. The first-order chi connectivity index (χ1) is 10.0. The molecule has 1 aromatic rings. The molecule has 0 aromatic carbocycles. The Hall–Kier alpha value is -2.35. The lowest BCUT2D eigenvalue weighted by Gasteiger charge is -2.25. The third kappa shape index (κ3) is 3.40. The topological polar surface area (TPSA) is 95.6 Å². The van der Waals surface area contributed by atoms with Crippen LogP contribution in [0.3, 0.4) is 0 Å². The fraction of sp³-hybridized carbons (Fsp3) is 0.462. The first-order valence-electron chi connectivity index (χ1n) is 6.54. The molecule has 8 nitrogen and oxygen atoms in total. The van der Waals surface area contributed by atoms with Crippen LogP contribution in [-0.2, 0) is 9.59 Å². The van der Waals surface area contributed by atoms with Gasteiger partial charge >= 0.3 is 0 Å². The summed E-state index contributed by atoms with van der Waals surface area (Å²) < 4.78 is 5.20. The summed E-state index contributed by atoms with van der Waals surface area (Å²) >= 11 is 0. The Morgan fingerprint density at radius 2 is 2.29 bits per heavy atom. The van der Waals surface area contributed by atoms with Gasteiger partial charge in [0.2, 0.25) is 17.7 Å². The average molecular weight is 293 g/mol. The largest absolute Gasteiger partial charge is 0.479 e. The van der Waals surface area contributed by atoms with Crippen molar-refractivity contribution < 1.29 is 14.3 Å². The maximum absolute atomic E-state index is 12.3. The smallest absolute Gasteiger partial charge is 0.243 e. The first kappa shape index (κ1) is 15.0. The highest BCUT2D eigenvalue weighted by atomic mass is 16.5. The van der Waals surface area contributed by atoms with Gasteiger partial charge in [-0.25, -0.2) is 4.98 Å². The molecule has 1 aliphatic heterocycles. The lowest BCUT2D eigenvalue weighted by molar-refractivity contribution is -0.124. The summed E-state index contributed by atoms with van der Waals surface area (Å²) in [5.41, 5.74) is 1.30. The molecule has 1 fully saturated rings. The van der Waals surface area contributed by atoms with Gasteiger partial charge in [-0.15, -0.1) is 0 Å². The molecule has 0 radical (unpaired) electrons. The van der Waals surface area contributed by atoms with Crippen molar-refractivity contribution in [3.63, 3.8) is 0 Å². The lowest BCUT2D eigenvalue weighted by atomic mass is 10.2. The van der Waals surface area contributed by atoms with Gasteiger partial charge in [-0.2, -0.15) is 0 Å². The average Bonchev–Trinajstić information content (AvgIpc) is 2.47. The summed E-state index contributed by atoms with van der Waals surface area (Å²) in [6.45, 7) is 0.382. The van der Waals surface area contributed by atoms with Crippen LogP contribution >= 0.6 is 0 Å². The number of hydrogen-bond donors (Lipinski definition) is 3.